The standard InChI is InChI=1S/C19H29NO2/c1-14-8-9-17(11-15(14)2)13-20-10-6-5-7-18(20)12-16(3)19(21)22-4/h8-9,11,16,18H,5-7,10,12-13H2,1-4H3. The van der Waals surface area contributed by atoms with Gasteiger partial charge in [-0.15, -0.1) is 0 Å². The van der Waals surface area contributed by atoms with Crippen molar-refractivity contribution in [2.75, 3.05) is 13.7 Å². The lowest BCUT2D eigenvalue weighted by Gasteiger charge is -2.37. The molecule has 0 amide bonds. The molecule has 1 aliphatic rings. The van der Waals surface area contributed by atoms with Crippen LogP contribution in [0.15, 0.2) is 18.2 Å². The van der Waals surface area contributed by atoms with Crippen molar-refractivity contribution in [3.8, 4) is 0 Å². The highest BCUT2D eigenvalue weighted by Crippen LogP contribution is 2.25. The van der Waals surface area contributed by atoms with Gasteiger partial charge in [-0.1, -0.05) is 31.5 Å². The molecule has 0 radical (unpaired) electrons. The summed E-state index contributed by atoms with van der Waals surface area (Å²) in [5.41, 5.74) is 4.08. The first kappa shape index (κ1) is 17.0. The molecule has 0 N–H and O–H groups in total. The predicted octanol–water partition coefficient (Wildman–Crippen LogP) is 3.86. The molecule has 0 spiro atoms. The molecule has 2 unspecified atom stereocenters. The van der Waals surface area contributed by atoms with Crippen LogP contribution in [-0.4, -0.2) is 30.6 Å². The van der Waals surface area contributed by atoms with E-state index < -0.39 is 0 Å². The van der Waals surface area contributed by atoms with Gasteiger partial charge in [0.2, 0.25) is 0 Å². The fourth-order valence-corrected chi connectivity index (χ4v) is 3.38. The number of carbonyl (C=O) groups is 1. The second-order valence-electron chi connectivity index (χ2n) is 6.70. The molecular weight excluding hydrogens is 274 g/mol. The number of ether oxygens (including phenoxy) is 1. The highest BCUT2D eigenvalue weighted by molar-refractivity contribution is 5.71. The molecule has 2 atom stereocenters. The Balaban J connectivity index is 2.02. The molecule has 0 saturated carbocycles. The van der Waals surface area contributed by atoms with E-state index in [2.05, 4.69) is 36.9 Å². The zero-order valence-corrected chi connectivity index (χ0v) is 14.4. The monoisotopic (exact) mass is 303 g/mol. The van der Waals surface area contributed by atoms with Crippen molar-refractivity contribution >= 4 is 5.97 Å². The van der Waals surface area contributed by atoms with E-state index in [0.717, 1.165) is 19.5 Å². The first-order valence-electron chi connectivity index (χ1n) is 8.39. The van der Waals surface area contributed by atoms with Gasteiger partial charge in [0, 0.05) is 12.6 Å². The third-order valence-corrected chi connectivity index (χ3v) is 4.94. The molecule has 0 bridgehead atoms. The molecule has 2 rings (SSSR count). The van der Waals surface area contributed by atoms with Gasteiger partial charge in [0.1, 0.15) is 0 Å². The summed E-state index contributed by atoms with van der Waals surface area (Å²) < 4.78 is 4.88. The minimum absolute atomic E-state index is 0.0182. The minimum atomic E-state index is -0.0864. The average Bonchev–Trinajstić information content (AvgIpc) is 2.52. The van der Waals surface area contributed by atoms with Crippen LogP contribution in [0.5, 0.6) is 0 Å². The number of carbonyl (C=O) groups excluding carboxylic acids is 1. The highest BCUT2D eigenvalue weighted by atomic mass is 16.5. The van der Waals surface area contributed by atoms with Gasteiger partial charge in [-0.2, -0.15) is 0 Å². The van der Waals surface area contributed by atoms with E-state index in [9.17, 15) is 4.79 Å². The van der Waals surface area contributed by atoms with E-state index in [1.54, 1.807) is 0 Å². The maximum Gasteiger partial charge on any atom is 0.308 e. The second kappa shape index (κ2) is 7.77. The fourth-order valence-electron chi connectivity index (χ4n) is 3.38. The van der Waals surface area contributed by atoms with Crippen molar-refractivity contribution in [1.82, 2.24) is 4.90 Å². The number of likely N-dealkylation sites (tertiary alicyclic amines) is 1. The number of hydrogen-bond acceptors (Lipinski definition) is 3. The number of esters is 1. The van der Waals surface area contributed by atoms with E-state index in [1.807, 2.05) is 6.92 Å². The molecule has 122 valence electrons. The van der Waals surface area contributed by atoms with Gasteiger partial charge in [0.05, 0.1) is 13.0 Å². The molecular formula is C19H29NO2. The van der Waals surface area contributed by atoms with Crippen molar-refractivity contribution < 1.29 is 9.53 Å². The smallest absolute Gasteiger partial charge is 0.308 e. The lowest BCUT2D eigenvalue weighted by Crippen LogP contribution is -2.40. The first-order chi connectivity index (χ1) is 10.5. The molecule has 0 aliphatic carbocycles. The van der Waals surface area contributed by atoms with Crippen molar-refractivity contribution in [2.24, 2.45) is 5.92 Å². The largest absolute Gasteiger partial charge is 0.469 e. The van der Waals surface area contributed by atoms with Gasteiger partial charge < -0.3 is 4.74 Å². The molecule has 1 aliphatic heterocycles. The van der Waals surface area contributed by atoms with Gasteiger partial charge >= 0.3 is 5.97 Å². The normalized spacial score (nSPS) is 20.6. The summed E-state index contributed by atoms with van der Waals surface area (Å²) in [7, 11) is 1.48. The minimum Gasteiger partial charge on any atom is -0.469 e. The molecule has 1 aromatic rings. The van der Waals surface area contributed by atoms with Crippen LogP contribution in [0.4, 0.5) is 0 Å². The van der Waals surface area contributed by atoms with Crippen LogP contribution in [0, 0.1) is 19.8 Å². The second-order valence-corrected chi connectivity index (χ2v) is 6.70. The lowest BCUT2D eigenvalue weighted by molar-refractivity contribution is -0.145. The number of benzene rings is 1. The van der Waals surface area contributed by atoms with Gasteiger partial charge in [-0.3, -0.25) is 9.69 Å². The Hall–Kier alpha value is -1.35. The van der Waals surface area contributed by atoms with Crippen LogP contribution in [0.25, 0.3) is 0 Å². The molecule has 1 fully saturated rings. The van der Waals surface area contributed by atoms with E-state index in [0.29, 0.717) is 6.04 Å². The zero-order valence-electron chi connectivity index (χ0n) is 14.4. The number of methoxy groups -OCH3 is 1. The maximum absolute atomic E-state index is 11.7. The van der Waals surface area contributed by atoms with Gasteiger partial charge in [0.15, 0.2) is 0 Å². The number of rotatable bonds is 5. The SMILES string of the molecule is COC(=O)C(C)CC1CCCCN1Cc1ccc(C)c(C)c1. The van der Waals surface area contributed by atoms with Crippen LogP contribution in [-0.2, 0) is 16.1 Å². The van der Waals surface area contributed by atoms with Crippen LogP contribution in [0.3, 0.4) is 0 Å². The Labute approximate surface area is 134 Å². The summed E-state index contributed by atoms with van der Waals surface area (Å²) in [6.45, 7) is 8.42. The van der Waals surface area contributed by atoms with Crippen LogP contribution in [0.2, 0.25) is 0 Å². The average molecular weight is 303 g/mol. The van der Waals surface area contributed by atoms with Crippen molar-refractivity contribution in [1.29, 1.82) is 0 Å². The molecule has 1 aromatic carbocycles. The fraction of sp³-hybridized carbons (Fsp3) is 0.632. The highest BCUT2D eigenvalue weighted by Gasteiger charge is 2.26. The van der Waals surface area contributed by atoms with E-state index in [1.165, 1.54) is 43.1 Å². The van der Waals surface area contributed by atoms with Crippen molar-refractivity contribution in [2.45, 2.75) is 59.0 Å². The quantitative estimate of drug-likeness (QED) is 0.774. The number of piperidine rings is 1. The Morgan fingerprint density at radius 1 is 1.32 bits per heavy atom. The third-order valence-electron chi connectivity index (χ3n) is 4.94. The molecule has 1 heterocycles. The number of nitrogens with zero attached hydrogens (tertiary/aromatic N) is 1. The Morgan fingerprint density at radius 2 is 2.09 bits per heavy atom. The summed E-state index contributed by atoms with van der Waals surface area (Å²) in [4.78, 5) is 14.2. The topological polar surface area (TPSA) is 29.5 Å². The predicted molar refractivity (Wildman–Crippen MR) is 89.8 cm³/mol. The molecule has 3 heteroatoms. The van der Waals surface area contributed by atoms with Gasteiger partial charge in [0.25, 0.3) is 0 Å². The molecule has 3 nitrogen and oxygen atoms in total. The third kappa shape index (κ3) is 4.33. The van der Waals surface area contributed by atoms with Gasteiger partial charge in [-0.25, -0.2) is 0 Å². The summed E-state index contributed by atoms with van der Waals surface area (Å²) in [6, 6.07) is 7.23. The van der Waals surface area contributed by atoms with Crippen molar-refractivity contribution in [3.05, 3.63) is 34.9 Å². The Morgan fingerprint density at radius 3 is 2.77 bits per heavy atom. The van der Waals surface area contributed by atoms with Crippen LogP contribution < -0.4 is 0 Å². The number of aryl methyl sites for hydroxylation is 2. The summed E-state index contributed by atoms with van der Waals surface area (Å²) >= 11 is 0. The van der Waals surface area contributed by atoms with Crippen LogP contribution >= 0.6 is 0 Å². The van der Waals surface area contributed by atoms with E-state index in [-0.39, 0.29) is 11.9 Å². The number of hydrogen-bond donors (Lipinski definition) is 0. The zero-order chi connectivity index (χ0) is 16.1. The Bertz CT molecular complexity index is 512. The lowest BCUT2D eigenvalue weighted by atomic mass is 9.92. The first-order valence-corrected chi connectivity index (χ1v) is 8.39. The van der Waals surface area contributed by atoms with Gasteiger partial charge in [-0.05, 0) is 56.3 Å². The van der Waals surface area contributed by atoms with E-state index >= 15 is 0 Å². The molecule has 1 saturated heterocycles. The van der Waals surface area contributed by atoms with Crippen LogP contribution in [0.1, 0.15) is 49.3 Å². The Kier molecular flexibility index (Phi) is 6.01. The summed E-state index contributed by atoms with van der Waals surface area (Å²) in [5.74, 6) is -0.105. The van der Waals surface area contributed by atoms with E-state index in [4.69, 9.17) is 4.74 Å². The van der Waals surface area contributed by atoms with Crippen molar-refractivity contribution in [3.63, 3.8) is 0 Å². The maximum atomic E-state index is 11.7. The summed E-state index contributed by atoms with van der Waals surface area (Å²) in [6.07, 6.45) is 4.61. The molecule has 0 aromatic heterocycles. The molecule has 22 heavy (non-hydrogen) atoms. The summed E-state index contributed by atoms with van der Waals surface area (Å²) in [5, 5.41) is 0.